The second kappa shape index (κ2) is 11.3. The maximum atomic E-state index is 13.5. The monoisotopic (exact) mass is 533 g/mol. The lowest BCUT2D eigenvalue weighted by Crippen LogP contribution is -2.51. The number of nitrogens with zero attached hydrogens (tertiary/aromatic N) is 4. The number of rotatable bonds is 5. The van der Waals surface area contributed by atoms with Gasteiger partial charge in [0.05, 0.1) is 25.0 Å². The minimum Gasteiger partial charge on any atom is -0.497 e. The summed E-state index contributed by atoms with van der Waals surface area (Å²) in [5.41, 5.74) is 3.73. The number of aromatic nitrogens is 2. The summed E-state index contributed by atoms with van der Waals surface area (Å²) < 4.78 is 10.4. The summed E-state index contributed by atoms with van der Waals surface area (Å²) in [6, 6.07) is 11.3. The molecule has 0 spiro atoms. The third-order valence-electron chi connectivity index (χ3n) is 7.61. The predicted octanol–water partition coefficient (Wildman–Crippen LogP) is 3.81. The summed E-state index contributed by atoms with van der Waals surface area (Å²) in [6.45, 7) is 7.01. The summed E-state index contributed by atoms with van der Waals surface area (Å²) >= 11 is 0. The zero-order chi connectivity index (χ0) is 27.5. The van der Waals surface area contributed by atoms with E-state index in [1.165, 1.54) is 0 Å². The van der Waals surface area contributed by atoms with Crippen LogP contribution in [-0.2, 0) is 4.74 Å². The standard InChI is InChI=1S/C29H35N5O5/c1-4-39-29(37)34-15-13-33(14-16-34)27(35)23-7-5-19(2)30-26(23)20-9-11-32(12-10-20)28(36)25-18-21-17-22(38-3)6-8-24(21)31-25/h5-8,17-18,20,31H,4,9-16H2,1-3H3. The zero-order valence-corrected chi connectivity index (χ0v) is 22.7. The number of H-pyrrole nitrogens is 1. The molecule has 5 rings (SSSR count). The zero-order valence-electron chi connectivity index (χ0n) is 22.7. The van der Waals surface area contributed by atoms with Crippen LogP contribution in [0.4, 0.5) is 4.79 Å². The summed E-state index contributed by atoms with van der Waals surface area (Å²) in [5, 5.41) is 0.933. The van der Waals surface area contributed by atoms with Gasteiger partial charge in [0.15, 0.2) is 0 Å². The fourth-order valence-corrected chi connectivity index (χ4v) is 5.43. The number of likely N-dealkylation sites (tertiary alicyclic amines) is 1. The Labute approximate surface area is 227 Å². The molecule has 1 N–H and O–H groups in total. The number of aromatic amines is 1. The van der Waals surface area contributed by atoms with Gasteiger partial charge < -0.3 is 29.2 Å². The Hall–Kier alpha value is -4.08. The highest BCUT2D eigenvalue weighted by Crippen LogP contribution is 2.31. The highest BCUT2D eigenvalue weighted by atomic mass is 16.6. The molecule has 2 fully saturated rings. The summed E-state index contributed by atoms with van der Waals surface area (Å²) in [6.07, 6.45) is 1.12. The van der Waals surface area contributed by atoms with Crippen LogP contribution in [0.5, 0.6) is 5.75 Å². The molecule has 10 heteroatoms. The molecule has 0 radical (unpaired) electrons. The molecule has 206 valence electrons. The van der Waals surface area contributed by atoms with Crippen molar-refractivity contribution in [2.75, 3.05) is 53.0 Å². The molecule has 10 nitrogen and oxygen atoms in total. The summed E-state index contributed by atoms with van der Waals surface area (Å²) in [7, 11) is 1.62. The van der Waals surface area contributed by atoms with Gasteiger partial charge in [-0.1, -0.05) is 0 Å². The molecule has 2 saturated heterocycles. The van der Waals surface area contributed by atoms with Crippen LogP contribution in [0.3, 0.4) is 0 Å². The quantitative estimate of drug-likeness (QED) is 0.534. The van der Waals surface area contributed by atoms with E-state index in [9.17, 15) is 14.4 Å². The van der Waals surface area contributed by atoms with Crippen LogP contribution in [-0.4, -0.2) is 95.6 Å². The third kappa shape index (κ3) is 5.55. The molecule has 2 aromatic heterocycles. The normalized spacial score (nSPS) is 16.4. The molecular formula is C29H35N5O5. The van der Waals surface area contributed by atoms with Crippen molar-refractivity contribution in [3.8, 4) is 5.75 Å². The second-order valence-corrected chi connectivity index (χ2v) is 10.1. The maximum absolute atomic E-state index is 13.5. The first-order chi connectivity index (χ1) is 18.9. The molecular weight excluding hydrogens is 498 g/mol. The van der Waals surface area contributed by atoms with Crippen LogP contribution in [0.1, 0.15) is 57.9 Å². The van der Waals surface area contributed by atoms with E-state index in [4.69, 9.17) is 14.5 Å². The Balaban J connectivity index is 1.25. The van der Waals surface area contributed by atoms with Crippen LogP contribution >= 0.6 is 0 Å². The lowest BCUT2D eigenvalue weighted by molar-refractivity contribution is 0.0567. The molecule has 0 aliphatic carbocycles. The molecule has 0 bridgehead atoms. The number of nitrogens with one attached hydrogen (secondary N) is 1. The highest BCUT2D eigenvalue weighted by Gasteiger charge is 2.32. The van der Waals surface area contributed by atoms with Gasteiger partial charge >= 0.3 is 6.09 Å². The number of piperazine rings is 1. The number of aryl methyl sites for hydroxylation is 1. The Bertz CT molecular complexity index is 1370. The van der Waals surface area contributed by atoms with Crippen molar-refractivity contribution in [1.82, 2.24) is 24.7 Å². The number of ether oxygens (including phenoxy) is 2. The van der Waals surface area contributed by atoms with Gasteiger partial charge in [-0.05, 0) is 63.1 Å². The molecule has 2 aliphatic rings. The molecule has 0 saturated carbocycles. The Kier molecular flexibility index (Phi) is 7.72. The van der Waals surface area contributed by atoms with Crippen molar-refractivity contribution in [3.05, 3.63) is 59.0 Å². The third-order valence-corrected chi connectivity index (χ3v) is 7.61. The van der Waals surface area contributed by atoms with Crippen LogP contribution in [0.25, 0.3) is 10.9 Å². The van der Waals surface area contributed by atoms with Crippen molar-refractivity contribution in [1.29, 1.82) is 0 Å². The van der Waals surface area contributed by atoms with Gasteiger partial charge in [0, 0.05) is 61.8 Å². The number of carbonyl (C=O) groups is 3. The van der Waals surface area contributed by atoms with Gasteiger partial charge in [-0.2, -0.15) is 0 Å². The maximum Gasteiger partial charge on any atom is 0.409 e. The van der Waals surface area contributed by atoms with Crippen molar-refractivity contribution < 1.29 is 23.9 Å². The highest BCUT2D eigenvalue weighted by molar-refractivity contribution is 5.98. The molecule has 2 aliphatic heterocycles. The van der Waals surface area contributed by atoms with Crippen LogP contribution in [0.15, 0.2) is 36.4 Å². The van der Waals surface area contributed by atoms with Crippen LogP contribution < -0.4 is 4.74 Å². The second-order valence-electron chi connectivity index (χ2n) is 10.1. The first kappa shape index (κ1) is 26.5. The first-order valence-electron chi connectivity index (χ1n) is 13.5. The molecule has 3 aromatic rings. The molecule has 1 aromatic carbocycles. The Morgan fingerprint density at radius 2 is 1.62 bits per heavy atom. The number of piperidine rings is 1. The fourth-order valence-electron chi connectivity index (χ4n) is 5.43. The van der Waals surface area contributed by atoms with Crippen molar-refractivity contribution in [2.45, 2.75) is 32.6 Å². The summed E-state index contributed by atoms with van der Waals surface area (Å²) in [4.78, 5) is 52.2. The van der Waals surface area contributed by atoms with Crippen molar-refractivity contribution in [3.63, 3.8) is 0 Å². The number of fused-ring (bicyclic) bond motifs is 1. The number of hydrogen-bond acceptors (Lipinski definition) is 6. The largest absolute Gasteiger partial charge is 0.497 e. The molecule has 0 atom stereocenters. The fraction of sp³-hybridized carbons (Fsp3) is 0.448. The Morgan fingerprint density at radius 1 is 0.923 bits per heavy atom. The molecule has 39 heavy (non-hydrogen) atoms. The summed E-state index contributed by atoms with van der Waals surface area (Å²) in [5.74, 6) is 0.739. The van der Waals surface area contributed by atoms with Crippen LogP contribution in [0, 0.1) is 6.92 Å². The molecule has 3 amide bonds. The minimum atomic E-state index is -0.337. The van der Waals surface area contributed by atoms with E-state index in [2.05, 4.69) is 4.98 Å². The average Bonchev–Trinajstić information content (AvgIpc) is 3.40. The smallest absolute Gasteiger partial charge is 0.409 e. The number of amides is 3. The van der Waals surface area contributed by atoms with E-state index in [0.717, 1.165) is 40.9 Å². The van der Waals surface area contributed by atoms with E-state index in [-0.39, 0.29) is 23.8 Å². The predicted molar refractivity (Wildman–Crippen MR) is 146 cm³/mol. The van der Waals surface area contributed by atoms with E-state index in [1.807, 2.05) is 48.2 Å². The van der Waals surface area contributed by atoms with Gasteiger partial charge in [-0.25, -0.2) is 4.79 Å². The molecule has 4 heterocycles. The first-order valence-corrected chi connectivity index (χ1v) is 13.5. The number of hydrogen-bond donors (Lipinski definition) is 1. The van der Waals surface area contributed by atoms with Gasteiger partial charge in [-0.15, -0.1) is 0 Å². The number of pyridine rings is 1. The van der Waals surface area contributed by atoms with Crippen LogP contribution in [0.2, 0.25) is 0 Å². The number of benzene rings is 1. The van der Waals surface area contributed by atoms with E-state index in [0.29, 0.717) is 57.1 Å². The van der Waals surface area contributed by atoms with E-state index < -0.39 is 0 Å². The van der Waals surface area contributed by atoms with Gasteiger partial charge in [0.25, 0.3) is 11.8 Å². The van der Waals surface area contributed by atoms with Gasteiger partial charge in [-0.3, -0.25) is 14.6 Å². The Morgan fingerprint density at radius 3 is 2.31 bits per heavy atom. The number of methoxy groups -OCH3 is 1. The lowest BCUT2D eigenvalue weighted by Gasteiger charge is -2.35. The molecule has 0 unspecified atom stereocenters. The number of carbonyl (C=O) groups excluding carboxylic acids is 3. The van der Waals surface area contributed by atoms with Crippen molar-refractivity contribution >= 4 is 28.8 Å². The lowest BCUT2D eigenvalue weighted by atomic mass is 9.89. The average molecular weight is 534 g/mol. The van der Waals surface area contributed by atoms with Gasteiger partial charge in [0.1, 0.15) is 11.4 Å². The van der Waals surface area contributed by atoms with E-state index in [1.54, 1.807) is 23.8 Å². The SMILES string of the molecule is CCOC(=O)N1CCN(C(=O)c2ccc(C)nc2C2CCN(C(=O)c3cc4cc(OC)ccc4[nH]3)CC2)CC1. The topological polar surface area (TPSA) is 108 Å². The van der Waals surface area contributed by atoms with E-state index >= 15 is 0 Å². The van der Waals surface area contributed by atoms with Gasteiger partial charge in [0.2, 0.25) is 0 Å². The minimum absolute atomic E-state index is 0.0309. The van der Waals surface area contributed by atoms with Crippen molar-refractivity contribution in [2.24, 2.45) is 0 Å².